The Bertz CT molecular complexity index is 423. The van der Waals surface area contributed by atoms with Gasteiger partial charge in [0.15, 0.2) is 0 Å². The van der Waals surface area contributed by atoms with Crippen molar-refractivity contribution in [2.24, 2.45) is 5.92 Å². The van der Waals surface area contributed by atoms with Crippen LogP contribution in [0.5, 0.6) is 0 Å². The molecule has 1 rings (SSSR count). The van der Waals surface area contributed by atoms with E-state index in [1.54, 1.807) is 25.1 Å². The summed E-state index contributed by atoms with van der Waals surface area (Å²) in [5, 5.41) is 12.6. The van der Waals surface area contributed by atoms with Crippen LogP contribution in [-0.4, -0.2) is 23.7 Å². The largest absolute Gasteiger partial charge is 0.393 e. The van der Waals surface area contributed by atoms with Gasteiger partial charge < -0.3 is 10.4 Å². The third-order valence-electron chi connectivity index (χ3n) is 2.53. The molecule has 0 spiro atoms. The standard InChI is InChI=1S/C13H17BrClNO2/c1-8(5-9(2)17)7-16-13(18)11-6-10(15)3-4-12(11)14/h3-4,6,8-9,17H,5,7H2,1-2H3,(H,16,18). The molecule has 0 aliphatic heterocycles. The van der Waals surface area contributed by atoms with E-state index in [0.717, 1.165) is 0 Å². The number of amides is 1. The van der Waals surface area contributed by atoms with Crippen LogP contribution in [0.3, 0.4) is 0 Å². The predicted molar refractivity (Wildman–Crippen MR) is 76.9 cm³/mol. The van der Waals surface area contributed by atoms with Gasteiger partial charge in [0.05, 0.1) is 11.7 Å². The van der Waals surface area contributed by atoms with Crippen LogP contribution in [0.1, 0.15) is 30.6 Å². The fourth-order valence-corrected chi connectivity index (χ4v) is 2.30. The van der Waals surface area contributed by atoms with Gasteiger partial charge in [-0.1, -0.05) is 18.5 Å². The lowest BCUT2D eigenvalue weighted by Gasteiger charge is -2.14. The molecule has 2 atom stereocenters. The van der Waals surface area contributed by atoms with Crippen molar-refractivity contribution in [1.82, 2.24) is 5.32 Å². The van der Waals surface area contributed by atoms with Gasteiger partial charge in [-0.25, -0.2) is 0 Å². The van der Waals surface area contributed by atoms with Crippen LogP contribution in [0.15, 0.2) is 22.7 Å². The first-order valence-electron chi connectivity index (χ1n) is 5.81. The number of aliphatic hydroxyl groups excluding tert-OH is 1. The van der Waals surface area contributed by atoms with Crippen LogP contribution in [-0.2, 0) is 0 Å². The van der Waals surface area contributed by atoms with Gasteiger partial charge in [-0.3, -0.25) is 4.79 Å². The zero-order chi connectivity index (χ0) is 13.7. The molecule has 0 radical (unpaired) electrons. The summed E-state index contributed by atoms with van der Waals surface area (Å²) in [6, 6.07) is 5.09. The Morgan fingerprint density at radius 1 is 1.50 bits per heavy atom. The van der Waals surface area contributed by atoms with E-state index in [9.17, 15) is 9.90 Å². The van der Waals surface area contributed by atoms with E-state index in [4.69, 9.17) is 11.6 Å². The molecule has 0 aromatic heterocycles. The summed E-state index contributed by atoms with van der Waals surface area (Å²) in [6.45, 7) is 4.26. The minimum absolute atomic E-state index is 0.165. The van der Waals surface area contributed by atoms with Gasteiger partial charge in [0.1, 0.15) is 0 Å². The molecule has 0 bridgehead atoms. The quantitative estimate of drug-likeness (QED) is 0.868. The zero-order valence-corrected chi connectivity index (χ0v) is 12.8. The molecule has 0 aliphatic rings. The Balaban J connectivity index is 2.58. The molecule has 5 heteroatoms. The van der Waals surface area contributed by atoms with Gasteiger partial charge in [0.2, 0.25) is 0 Å². The third-order valence-corrected chi connectivity index (χ3v) is 3.45. The zero-order valence-electron chi connectivity index (χ0n) is 10.4. The number of rotatable bonds is 5. The van der Waals surface area contributed by atoms with Crippen molar-refractivity contribution in [3.63, 3.8) is 0 Å². The second-order valence-electron chi connectivity index (χ2n) is 4.52. The number of aliphatic hydroxyl groups is 1. The first-order valence-corrected chi connectivity index (χ1v) is 6.98. The van der Waals surface area contributed by atoms with E-state index < -0.39 is 0 Å². The fourth-order valence-electron chi connectivity index (χ4n) is 1.70. The molecular formula is C13H17BrClNO2. The lowest BCUT2D eigenvalue weighted by Crippen LogP contribution is -2.29. The molecule has 1 aromatic rings. The Kier molecular flexibility index (Phi) is 6.12. The second-order valence-corrected chi connectivity index (χ2v) is 5.81. The number of halogens is 2. The average molecular weight is 335 g/mol. The summed E-state index contributed by atoms with van der Waals surface area (Å²) in [7, 11) is 0. The normalized spacial score (nSPS) is 14.1. The van der Waals surface area contributed by atoms with Crippen molar-refractivity contribution in [2.45, 2.75) is 26.4 Å². The molecule has 2 N–H and O–H groups in total. The van der Waals surface area contributed by atoms with Gasteiger partial charge in [0.25, 0.3) is 5.91 Å². The van der Waals surface area contributed by atoms with Crippen molar-refractivity contribution in [3.8, 4) is 0 Å². The molecular weight excluding hydrogens is 318 g/mol. The molecule has 1 aromatic carbocycles. The van der Waals surface area contributed by atoms with Gasteiger partial charge in [-0.05, 0) is 53.4 Å². The highest BCUT2D eigenvalue weighted by Crippen LogP contribution is 2.21. The van der Waals surface area contributed by atoms with Crippen LogP contribution in [0.4, 0.5) is 0 Å². The molecule has 1 amide bonds. The van der Waals surface area contributed by atoms with Crippen LogP contribution in [0.25, 0.3) is 0 Å². The summed E-state index contributed by atoms with van der Waals surface area (Å²) in [5.74, 6) is 0.0636. The van der Waals surface area contributed by atoms with Crippen molar-refractivity contribution < 1.29 is 9.90 Å². The summed E-state index contributed by atoms with van der Waals surface area (Å²) in [6.07, 6.45) is 0.312. The number of nitrogens with one attached hydrogen (secondary N) is 1. The highest BCUT2D eigenvalue weighted by Gasteiger charge is 2.12. The molecule has 0 saturated carbocycles. The molecule has 0 fully saturated rings. The average Bonchev–Trinajstić information content (AvgIpc) is 2.28. The summed E-state index contributed by atoms with van der Waals surface area (Å²) in [4.78, 5) is 11.9. The van der Waals surface area contributed by atoms with Crippen LogP contribution >= 0.6 is 27.5 Å². The first-order chi connectivity index (χ1) is 8.40. The molecule has 100 valence electrons. The molecule has 0 heterocycles. The Morgan fingerprint density at radius 2 is 2.17 bits per heavy atom. The molecule has 0 saturated heterocycles. The maximum Gasteiger partial charge on any atom is 0.252 e. The van der Waals surface area contributed by atoms with Crippen molar-refractivity contribution in [1.29, 1.82) is 0 Å². The highest BCUT2D eigenvalue weighted by molar-refractivity contribution is 9.10. The smallest absolute Gasteiger partial charge is 0.252 e. The van der Waals surface area contributed by atoms with Gasteiger partial charge in [-0.15, -0.1) is 0 Å². The molecule has 0 aliphatic carbocycles. The van der Waals surface area contributed by atoms with E-state index >= 15 is 0 Å². The Morgan fingerprint density at radius 3 is 2.78 bits per heavy atom. The van der Waals surface area contributed by atoms with Gasteiger partial charge >= 0.3 is 0 Å². The van der Waals surface area contributed by atoms with Crippen molar-refractivity contribution >= 4 is 33.4 Å². The van der Waals surface area contributed by atoms with Crippen LogP contribution in [0, 0.1) is 5.92 Å². The summed E-state index contributed by atoms with van der Waals surface area (Å²) in [5.41, 5.74) is 0.520. The summed E-state index contributed by atoms with van der Waals surface area (Å²) >= 11 is 9.18. The number of carbonyl (C=O) groups is 1. The molecule has 3 nitrogen and oxygen atoms in total. The topological polar surface area (TPSA) is 49.3 Å². The first kappa shape index (κ1) is 15.5. The molecule has 18 heavy (non-hydrogen) atoms. The van der Waals surface area contributed by atoms with Crippen molar-refractivity contribution in [3.05, 3.63) is 33.3 Å². The van der Waals surface area contributed by atoms with E-state index in [1.165, 1.54) is 0 Å². The van der Waals surface area contributed by atoms with Crippen LogP contribution in [0.2, 0.25) is 5.02 Å². The van der Waals surface area contributed by atoms with Crippen molar-refractivity contribution in [2.75, 3.05) is 6.54 Å². The predicted octanol–water partition coefficient (Wildman–Crippen LogP) is 3.24. The maximum atomic E-state index is 11.9. The molecule has 2 unspecified atom stereocenters. The Hall–Kier alpha value is -0.580. The van der Waals surface area contributed by atoms with E-state index in [0.29, 0.717) is 28.0 Å². The lowest BCUT2D eigenvalue weighted by atomic mass is 10.0. The fraction of sp³-hybridized carbons (Fsp3) is 0.462. The second kappa shape index (κ2) is 7.12. The van der Waals surface area contributed by atoms with Gasteiger partial charge in [0, 0.05) is 16.0 Å². The lowest BCUT2D eigenvalue weighted by molar-refractivity contribution is 0.0938. The van der Waals surface area contributed by atoms with E-state index in [-0.39, 0.29) is 17.9 Å². The minimum Gasteiger partial charge on any atom is -0.393 e. The highest BCUT2D eigenvalue weighted by atomic mass is 79.9. The van der Waals surface area contributed by atoms with Crippen LogP contribution < -0.4 is 5.32 Å². The number of hydrogen-bond acceptors (Lipinski definition) is 2. The third kappa shape index (κ3) is 4.96. The minimum atomic E-state index is -0.352. The van der Waals surface area contributed by atoms with E-state index in [2.05, 4.69) is 21.2 Å². The Labute approximate surface area is 121 Å². The SMILES string of the molecule is CC(O)CC(C)CNC(=O)c1cc(Cl)ccc1Br. The maximum absolute atomic E-state index is 11.9. The number of hydrogen-bond donors (Lipinski definition) is 2. The number of carbonyl (C=O) groups excluding carboxylic acids is 1. The van der Waals surface area contributed by atoms with Gasteiger partial charge in [-0.2, -0.15) is 0 Å². The monoisotopic (exact) mass is 333 g/mol. The number of benzene rings is 1. The summed E-state index contributed by atoms with van der Waals surface area (Å²) < 4.78 is 0.715. The van der Waals surface area contributed by atoms with E-state index in [1.807, 2.05) is 6.92 Å².